The minimum atomic E-state index is -0.473. The van der Waals surface area contributed by atoms with Crippen LogP contribution in [0.1, 0.15) is 40.5 Å². The Labute approximate surface area is 222 Å². The van der Waals surface area contributed by atoms with Gasteiger partial charge in [0, 0.05) is 51.8 Å². The van der Waals surface area contributed by atoms with Crippen molar-refractivity contribution in [2.75, 3.05) is 64.3 Å². The van der Waals surface area contributed by atoms with E-state index in [4.69, 9.17) is 9.47 Å². The van der Waals surface area contributed by atoms with Crippen molar-refractivity contribution in [3.63, 3.8) is 0 Å². The zero-order valence-corrected chi connectivity index (χ0v) is 22.2. The molecule has 38 heavy (non-hydrogen) atoms. The average Bonchev–Trinajstić information content (AvgIpc) is 2.90. The normalized spacial score (nSPS) is 12.5. The highest BCUT2D eigenvalue weighted by molar-refractivity contribution is 6.01. The van der Waals surface area contributed by atoms with E-state index < -0.39 is 6.03 Å². The third kappa shape index (κ3) is 7.24. The molecule has 0 unspecified atom stereocenters. The van der Waals surface area contributed by atoms with Gasteiger partial charge < -0.3 is 19.3 Å². The topological polar surface area (TPSA) is 141 Å². The van der Waals surface area contributed by atoms with Crippen LogP contribution >= 0.6 is 0 Å². The molecule has 3 heterocycles. The lowest BCUT2D eigenvalue weighted by Crippen LogP contribution is -2.40. The minimum absolute atomic E-state index is 0.0945. The van der Waals surface area contributed by atoms with E-state index in [0.29, 0.717) is 56.8 Å². The Balaban J connectivity index is 1.82. The Bertz CT molecular complexity index is 1210. The minimum Gasteiger partial charge on any atom is -0.490 e. The predicted octanol–water partition coefficient (Wildman–Crippen LogP) is 2.08. The molecule has 0 fully saturated rings. The van der Waals surface area contributed by atoms with Gasteiger partial charge in [-0.25, -0.2) is 14.8 Å². The monoisotopic (exact) mass is 523 g/mol. The maximum Gasteiger partial charge on any atom is 0.328 e. The standard InChI is InChI=1S/C26H33N7O5/c1-18(35)32(9-8-31(2)3)16-20-12-19-6-5-7-33(25(19)29-22(20)17-34)26(36)30-24-13-23(38-11-10-37-4)21(14-27)15-28-24/h12-13,15,17H,5-11,16H2,1-4H3,(H,28,30,36). The highest BCUT2D eigenvalue weighted by atomic mass is 16.5. The van der Waals surface area contributed by atoms with E-state index in [9.17, 15) is 19.6 Å². The molecule has 0 bridgehead atoms. The number of amides is 3. The predicted molar refractivity (Wildman–Crippen MR) is 140 cm³/mol. The molecule has 0 atom stereocenters. The molecule has 1 N–H and O–H groups in total. The second-order valence-corrected chi connectivity index (χ2v) is 9.08. The summed E-state index contributed by atoms with van der Waals surface area (Å²) < 4.78 is 10.6. The van der Waals surface area contributed by atoms with E-state index in [2.05, 4.69) is 15.3 Å². The number of methoxy groups -OCH3 is 1. The number of carbonyl (C=O) groups excluding carboxylic acids is 3. The van der Waals surface area contributed by atoms with Gasteiger partial charge >= 0.3 is 6.03 Å². The summed E-state index contributed by atoms with van der Waals surface area (Å²) >= 11 is 0. The molecule has 1 aliphatic heterocycles. The highest BCUT2D eigenvalue weighted by Gasteiger charge is 2.27. The molecule has 0 spiro atoms. The summed E-state index contributed by atoms with van der Waals surface area (Å²) in [6.45, 7) is 3.93. The van der Waals surface area contributed by atoms with Crippen molar-refractivity contribution in [1.29, 1.82) is 5.26 Å². The fourth-order valence-electron chi connectivity index (χ4n) is 3.98. The number of pyridine rings is 2. The summed E-state index contributed by atoms with van der Waals surface area (Å²) in [6.07, 6.45) is 3.36. The third-order valence-corrected chi connectivity index (χ3v) is 6.02. The molecule has 0 aromatic carbocycles. The first-order valence-electron chi connectivity index (χ1n) is 12.3. The fourth-order valence-corrected chi connectivity index (χ4v) is 3.98. The van der Waals surface area contributed by atoms with Gasteiger partial charge in [-0.2, -0.15) is 5.26 Å². The van der Waals surface area contributed by atoms with Crippen molar-refractivity contribution >= 4 is 29.9 Å². The number of rotatable bonds is 11. The van der Waals surface area contributed by atoms with E-state index in [1.54, 1.807) is 12.0 Å². The van der Waals surface area contributed by atoms with Gasteiger partial charge in [0.15, 0.2) is 6.29 Å². The van der Waals surface area contributed by atoms with E-state index in [0.717, 1.165) is 5.56 Å². The van der Waals surface area contributed by atoms with Gasteiger partial charge in [0.05, 0.1) is 12.8 Å². The van der Waals surface area contributed by atoms with Crippen LogP contribution in [0.25, 0.3) is 0 Å². The maximum atomic E-state index is 13.2. The van der Waals surface area contributed by atoms with E-state index in [1.807, 2.05) is 31.1 Å². The van der Waals surface area contributed by atoms with Gasteiger partial charge in [0.2, 0.25) is 5.91 Å². The number of ether oxygens (including phenoxy) is 2. The van der Waals surface area contributed by atoms with E-state index in [-0.39, 0.29) is 41.9 Å². The molecule has 3 amide bonds. The third-order valence-electron chi connectivity index (χ3n) is 6.02. The number of likely N-dealkylation sites (N-methyl/N-ethyl adjacent to an activating group) is 1. The van der Waals surface area contributed by atoms with Crippen LogP contribution in [0.5, 0.6) is 5.75 Å². The number of urea groups is 1. The van der Waals surface area contributed by atoms with Crippen LogP contribution in [0.2, 0.25) is 0 Å². The molecule has 2 aromatic heterocycles. The zero-order valence-electron chi connectivity index (χ0n) is 22.2. The Morgan fingerprint density at radius 2 is 2.05 bits per heavy atom. The first-order chi connectivity index (χ1) is 18.3. The number of aromatic nitrogens is 2. The van der Waals surface area contributed by atoms with Crippen LogP contribution in [-0.2, 0) is 22.5 Å². The van der Waals surface area contributed by atoms with Gasteiger partial charge in [0.25, 0.3) is 0 Å². The molecule has 0 saturated heterocycles. The molecule has 0 aliphatic carbocycles. The average molecular weight is 524 g/mol. The highest BCUT2D eigenvalue weighted by Crippen LogP contribution is 2.29. The number of anilines is 2. The number of hydrogen-bond donors (Lipinski definition) is 1. The van der Waals surface area contributed by atoms with Gasteiger partial charge in [-0.15, -0.1) is 0 Å². The van der Waals surface area contributed by atoms with Gasteiger partial charge in [-0.05, 0) is 38.6 Å². The molecule has 12 nitrogen and oxygen atoms in total. The molecular weight excluding hydrogens is 490 g/mol. The molecule has 3 rings (SSSR count). The smallest absolute Gasteiger partial charge is 0.328 e. The summed E-state index contributed by atoms with van der Waals surface area (Å²) in [6, 6.07) is 4.88. The van der Waals surface area contributed by atoms with Crippen molar-refractivity contribution < 1.29 is 23.9 Å². The fraction of sp³-hybridized carbons (Fsp3) is 0.462. The summed E-state index contributed by atoms with van der Waals surface area (Å²) in [4.78, 5) is 51.2. The lowest BCUT2D eigenvalue weighted by atomic mass is 10.0. The lowest BCUT2D eigenvalue weighted by Gasteiger charge is -2.30. The zero-order chi connectivity index (χ0) is 27.7. The van der Waals surface area contributed by atoms with Crippen LogP contribution < -0.4 is 15.0 Å². The van der Waals surface area contributed by atoms with E-state index in [1.165, 1.54) is 24.1 Å². The number of aryl methyl sites for hydroxylation is 1. The SMILES string of the molecule is COCCOc1cc(NC(=O)N2CCCc3cc(CN(CCN(C)C)C(C)=O)c(C=O)nc32)ncc1C#N. The van der Waals surface area contributed by atoms with Crippen LogP contribution in [0, 0.1) is 11.3 Å². The molecule has 1 aliphatic rings. The Morgan fingerprint density at radius 1 is 1.26 bits per heavy atom. The number of nitrogens with zero attached hydrogens (tertiary/aromatic N) is 6. The second-order valence-electron chi connectivity index (χ2n) is 9.08. The van der Waals surface area contributed by atoms with E-state index >= 15 is 0 Å². The van der Waals surface area contributed by atoms with Crippen molar-refractivity contribution in [3.05, 3.63) is 40.7 Å². The van der Waals surface area contributed by atoms with Crippen molar-refractivity contribution in [1.82, 2.24) is 19.8 Å². The first kappa shape index (κ1) is 28.5. The van der Waals surface area contributed by atoms with Gasteiger partial charge in [0.1, 0.15) is 41.3 Å². The van der Waals surface area contributed by atoms with Crippen molar-refractivity contribution in [2.45, 2.75) is 26.3 Å². The molecule has 0 saturated carbocycles. The Kier molecular flexibility index (Phi) is 10.1. The number of aldehydes is 1. The number of nitrogens with one attached hydrogen (secondary N) is 1. The number of hydrogen-bond acceptors (Lipinski definition) is 9. The summed E-state index contributed by atoms with van der Waals surface area (Å²) in [7, 11) is 5.40. The molecule has 202 valence electrons. The first-order valence-corrected chi connectivity index (χ1v) is 12.3. The largest absolute Gasteiger partial charge is 0.490 e. The number of nitriles is 1. The molecule has 12 heteroatoms. The van der Waals surface area contributed by atoms with Crippen LogP contribution in [0.3, 0.4) is 0 Å². The second kappa shape index (κ2) is 13.5. The quantitative estimate of drug-likeness (QED) is 0.346. The van der Waals surface area contributed by atoms with Crippen LogP contribution in [-0.4, -0.2) is 92.0 Å². The Morgan fingerprint density at radius 3 is 2.71 bits per heavy atom. The number of carbonyl (C=O) groups is 3. The van der Waals surface area contributed by atoms with Gasteiger partial charge in [-0.3, -0.25) is 19.8 Å². The van der Waals surface area contributed by atoms with Crippen molar-refractivity contribution in [2.24, 2.45) is 0 Å². The van der Waals surface area contributed by atoms with Crippen LogP contribution in [0.15, 0.2) is 18.3 Å². The van der Waals surface area contributed by atoms with Crippen LogP contribution in [0.4, 0.5) is 16.4 Å². The summed E-state index contributed by atoms with van der Waals surface area (Å²) in [5, 5.41) is 12.0. The van der Waals surface area contributed by atoms with Gasteiger partial charge in [-0.1, -0.05) is 0 Å². The number of fused-ring (bicyclic) bond motifs is 1. The maximum absolute atomic E-state index is 13.2. The van der Waals surface area contributed by atoms with Crippen molar-refractivity contribution in [3.8, 4) is 11.8 Å². The summed E-state index contributed by atoms with van der Waals surface area (Å²) in [5.41, 5.74) is 1.88. The molecule has 2 aromatic rings. The molecular formula is C26H33N7O5. The molecule has 0 radical (unpaired) electrons. The lowest BCUT2D eigenvalue weighted by molar-refractivity contribution is -0.129. The summed E-state index contributed by atoms with van der Waals surface area (Å²) in [5.74, 6) is 0.790. The Hall–Kier alpha value is -4.08.